The first-order chi connectivity index (χ1) is 11.4. The van der Waals surface area contributed by atoms with E-state index in [-0.39, 0.29) is 22.9 Å². The van der Waals surface area contributed by atoms with Gasteiger partial charge in [0.15, 0.2) is 0 Å². The third kappa shape index (κ3) is 2.89. The van der Waals surface area contributed by atoms with Crippen LogP contribution in [-0.4, -0.2) is 53.3 Å². The fourth-order valence-corrected chi connectivity index (χ4v) is 3.29. The summed E-state index contributed by atoms with van der Waals surface area (Å²) in [5.41, 5.74) is 0.461. The lowest BCUT2D eigenvalue weighted by Crippen LogP contribution is -2.45. The molecule has 0 aliphatic carbocycles. The molecule has 24 heavy (non-hydrogen) atoms. The minimum Gasteiger partial charge on any atom is -0.347 e. The first-order valence-electron chi connectivity index (χ1n) is 7.73. The molecule has 126 valence electrons. The van der Waals surface area contributed by atoms with Gasteiger partial charge in [0.1, 0.15) is 6.04 Å². The molecule has 2 amide bonds. The third-order valence-electron chi connectivity index (χ3n) is 4.27. The molecule has 1 fully saturated rings. The molecule has 3 rings (SSSR count). The normalized spacial score (nSPS) is 17.3. The molecule has 1 aromatic carbocycles. The fraction of sp³-hybridized carbons (Fsp3) is 0.353. The summed E-state index contributed by atoms with van der Waals surface area (Å²) in [5, 5.41) is 1.06. The van der Waals surface area contributed by atoms with Crippen molar-refractivity contribution in [2.24, 2.45) is 0 Å². The zero-order valence-electron chi connectivity index (χ0n) is 13.5. The third-order valence-corrected chi connectivity index (χ3v) is 4.51. The maximum Gasteiger partial charge on any atom is 0.255 e. The molecule has 0 bridgehead atoms. The lowest BCUT2D eigenvalue weighted by molar-refractivity contribution is -0.132. The second-order valence-electron chi connectivity index (χ2n) is 6.13. The van der Waals surface area contributed by atoms with Gasteiger partial charge in [-0.25, -0.2) is 0 Å². The Morgan fingerprint density at radius 1 is 1.29 bits per heavy atom. The molecular weight excluding hydrogens is 330 g/mol. The van der Waals surface area contributed by atoms with Gasteiger partial charge in [-0.15, -0.1) is 0 Å². The van der Waals surface area contributed by atoms with Gasteiger partial charge in [-0.05, 0) is 31.0 Å². The minimum atomic E-state index is -0.485. The lowest BCUT2D eigenvalue weighted by atomic mass is 10.1. The van der Waals surface area contributed by atoms with Crippen LogP contribution in [0.15, 0.2) is 29.1 Å². The Hall–Kier alpha value is -2.34. The van der Waals surface area contributed by atoms with Crippen LogP contribution in [0.3, 0.4) is 0 Å². The zero-order valence-corrected chi connectivity index (χ0v) is 14.3. The number of rotatable bonds is 2. The summed E-state index contributed by atoms with van der Waals surface area (Å²) in [4.78, 5) is 43.0. The molecule has 1 atom stereocenters. The van der Waals surface area contributed by atoms with E-state index in [1.165, 1.54) is 11.0 Å². The van der Waals surface area contributed by atoms with E-state index in [4.69, 9.17) is 11.6 Å². The number of likely N-dealkylation sites (N-methyl/N-ethyl adjacent to an activating group) is 1. The highest BCUT2D eigenvalue weighted by atomic mass is 35.5. The summed E-state index contributed by atoms with van der Waals surface area (Å²) < 4.78 is 0. The zero-order chi connectivity index (χ0) is 17.4. The van der Waals surface area contributed by atoms with Crippen molar-refractivity contribution in [3.63, 3.8) is 0 Å². The molecule has 1 aliphatic heterocycles. The van der Waals surface area contributed by atoms with E-state index in [9.17, 15) is 14.4 Å². The number of benzene rings is 1. The monoisotopic (exact) mass is 347 g/mol. The Morgan fingerprint density at radius 2 is 2.04 bits per heavy atom. The van der Waals surface area contributed by atoms with E-state index in [1.807, 2.05) is 0 Å². The molecule has 1 N–H and O–H groups in total. The number of aromatic amines is 1. The summed E-state index contributed by atoms with van der Waals surface area (Å²) in [6, 6.07) is 5.76. The first kappa shape index (κ1) is 16.5. The number of pyridine rings is 1. The van der Waals surface area contributed by atoms with Crippen LogP contribution in [0.5, 0.6) is 0 Å². The highest BCUT2D eigenvalue weighted by molar-refractivity contribution is 6.31. The topological polar surface area (TPSA) is 73.5 Å². The van der Waals surface area contributed by atoms with Crippen molar-refractivity contribution in [1.29, 1.82) is 0 Å². The largest absolute Gasteiger partial charge is 0.347 e. The number of hydrogen-bond acceptors (Lipinski definition) is 3. The summed E-state index contributed by atoms with van der Waals surface area (Å²) in [6.07, 6.45) is 1.39. The lowest BCUT2D eigenvalue weighted by Gasteiger charge is -2.26. The van der Waals surface area contributed by atoms with Crippen LogP contribution >= 0.6 is 11.6 Å². The Balaban J connectivity index is 2.07. The summed E-state index contributed by atoms with van der Waals surface area (Å²) in [6.45, 7) is 0.498. The molecule has 1 aliphatic rings. The Bertz CT molecular complexity index is 875. The predicted molar refractivity (Wildman–Crippen MR) is 92.3 cm³/mol. The standard InChI is InChI=1S/C17H18ClN3O3/c1-20(2)17(24)14-4-3-7-21(14)16(23)12-9-15(22)19-13-6-5-10(18)8-11(12)13/h5-6,8-9,14H,3-4,7H2,1-2H3,(H,19,22). The van der Waals surface area contributed by atoms with Crippen molar-refractivity contribution in [3.8, 4) is 0 Å². The van der Waals surface area contributed by atoms with Gasteiger partial charge in [-0.1, -0.05) is 11.6 Å². The van der Waals surface area contributed by atoms with Crippen molar-refractivity contribution in [1.82, 2.24) is 14.8 Å². The SMILES string of the molecule is CN(C)C(=O)C1CCCN1C(=O)c1cc(=O)[nH]c2ccc(Cl)cc12. The number of carbonyl (C=O) groups excluding carboxylic acids is 2. The number of carbonyl (C=O) groups is 2. The number of fused-ring (bicyclic) bond motifs is 1. The molecule has 1 saturated heterocycles. The average molecular weight is 348 g/mol. The van der Waals surface area contributed by atoms with E-state index < -0.39 is 6.04 Å². The van der Waals surface area contributed by atoms with Gasteiger partial charge in [0.2, 0.25) is 11.5 Å². The van der Waals surface area contributed by atoms with Gasteiger partial charge in [0.05, 0.1) is 5.56 Å². The van der Waals surface area contributed by atoms with Crippen LogP contribution in [0.25, 0.3) is 10.9 Å². The summed E-state index contributed by atoms with van der Waals surface area (Å²) in [7, 11) is 3.34. The van der Waals surface area contributed by atoms with E-state index in [2.05, 4.69) is 4.98 Å². The molecule has 1 aromatic heterocycles. The van der Waals surface area contributed by atoms with Gasteiger partial charge in [0.25, 0.3) is 5.91 Å². The van der Waals surface area contributed by atoms with Gasteiger partial charge < -0.3 is 14.8 Å². The average Bonchev–Trinajstić information content (AvgIpc) is 3.02. The maximum atomic E-state index is 13.0. The van der Waals surface area contributed by atoms with Gasteiger partial charge in [-0.2, -0.15) is 0 Å². The molecule has 2 heterocycles. The van der Waals surface area contributed by atoms with Crippen LogP contribution in [0.2, 0.25) is 5.02 Å². The van der Waals surface area contributed by atoms with Crippen LogP contribution < -0.4 is 5.56 Å². The van der Waals surface area contributed by atoms with Gasteiger partial charge >= 0.3 is 0 Å². The summed E-state index contributed by atoms with van der Waals surface area (Å²) in [5.74, 6) is -0.418. The Morgan fingerprint density at radius 3 is 2.75 bits per heavy atom. The quantitative estimate of drug-likeness (QED) is 0.901. The van der Waals surface area contributed by atoms with E-state index in [1.54, 1.807) is 37.2 Å². The van der Waals surface area contributed by atoms with Crippen molar-refractivity contribution < 1.29 is 9.59 Å². The number of H-pyrrole nitrogens is 1. The maximum absolute atomic E-state index is 13.0. The van der Waals surface area contributed by atoms with Crippen molar-refractivity contribution in [2.75, 3.05) is 20.6 Å². The number of likely N-dealkylation sites (tertiary alicyclic amines) is 1. The second kappa shape index (κ2) is 6.28. The first-order valence-corrected chi connectivity index (χ1v) is 8.11. The summed E-state index contributed by atoms with van der Waals surface area (Å²) >= 11 is 6.04. The predicted octanol–water partition coefficient (Wildman–Crippen LogP) is 1.87. The van der Waals surface area contributed by atoms with Crippen molar-refractivity contribution >= 4 is 34.3 Å². The molecular formula is C17H18ClN3O3. The van der Waals surface area contributed by atoms with Gasteiger partial charge in [-0.3, -0.25) is 14.4 Å². The molecule has 2 aromatic rings. The fourth-order valence-electron chi connectivity index (χ4n) is 3.12. The minimum absolute atomic E-state index is 0.104. The highest BCUT2D eigenvalue weighted by Crippen LogP contribution is 2.25. The van der Waals surface area contributed by atoms with Crippen LogP contribution in [0, 0.1) is 0 Å². The molecule has 0 spiro atoms. The van der Waals surface area contributed by atoms with Crippen LogP contribution in [0.1, 0.15) is 23.2 Å². The number of amides is 2. The van der Waals surface area contributed by atoms with E-state index in [0.717, 1.165) is 6.42 Å². The number of nitrogens with zero attached hydrogens (tertiary/aromatic N) is 2. The number of halogens is 1. The van der Waals surface area contributed by atoms with Crippen LogP contribution in [-0.2, 0) is 4.79 Å². The molecule has 6 nitrogen and oxygen atoms in total. The molecule has 0 saturated carbocycles. The molecule has 1 unspecified atom stereocenters. The molecule has 7 heteroatoms. The van der Waals surface area contributed by atoms with Gasteiger partial charge in [0, 0.05) is 42.6 Å². The smallest absolute Gasteiger partial charge is 0.255 e. The van der Waals surface area contributed by atoms with E-state index >= 15 is 0 Å². The Kier molecular flexibility index (Phi) is 4.32. The van der Waals surface area contributed by atoms with E-state index in [0.29, 0.717) is 28.9 Å². The van der Waals surface area contributed by atoms with Crippen molar-refractivity contribution in [2.45, 2.75) is 18.9 Å². The van der Waals surface area contributed by atoms with Crippen molar-refractivity contribution in [3.05, 3.63) is 45.2 Å². The number of hydrogen-bond donors (Lipinski definition) is 1. The number of nitrogens with one attached hydrogen (secondary N) is 1. The number of aromatic nitrogens is 1. The Labute approximate surface area is 144 Å². The second-order valence-corrected chi connectivity index (χ2v) is 6.56. The van der Waals surface area contributed by atoms with Crippen LogP contribution in [0.4, 0.5) is 0 Å². The highest BCUT2D eigenvalue weighted by Gasteiger charge is 2.35. The molecule has 0 radical (unpaired) electrons.